The summed E-state index contributed by atoms with van der Waals surface area (Å²) >= 11 is 5.24. The molecule has 0 spiro atoms. The number of thiophene rings is 1. The second-order valence-corrected chi connectivity index (χ2v) is 5.81. The van der Waals surface area contributed by atoms with E-state index in [1.54, 1.807) is 11.3 Å². The average Bonchev–Trinajstić information content (AvgIpc) is 2.66. The Morgan fingerprint density at radius 2 is 2.06 bits per heavy atom. The molecule has 0 aliphatic carbocycles. The van der Waals surface area contributed by atoms with Gasteiger partial charge in [-0.3, -0.25) is 0 Å². The maximum Gasteiger partial charge on any atom is 0.0494 e. The lowest BCUT2D eigenvalue weighted by atomic mass is 10.1. The van der Waals surface area contributed by atoms with Crippen LogP contribution in [0.2, 0.25) is 0 Å². The fourth-order valence-electron chi connectivity index (χ4n) is 1.56. The van der Waals surface area contributed by atoms with E-state index < -0.39 is 0 Å². The molecule has 1 heterocycles. The van der Waals surface area contributed by atoms with Gasteiger partial charge in [-0.1, -0.05) is 12.1 Å². The van der Waals surface area contributed by atoms with Crippen LogP contribution in [-0.4, -0.2) is 0 Å². The maximum atomic E-state index is 3.47. The molecule has 0 bridgehead atoms. The number of nitrogens with one attached hydrogen (secondary N) is 1. The second kappa shape index (κ2) is 5.02. The van der Waals surface area contributed by atoms with Crippen molar-refractivity contribution in [3.05, 3.63) is 50.1 Å². The van der Waals surface area contributed by atoms with Crippen LogP contribution in [0.5, 0.6) is 0 Å². The lowest BCUT2D eigenvalue weighted by molar-refractivity contribution is 1.17. The van der Waals surface area contributed by atoms with Gasteiger partial charge in [0, 0.05) is 27.0 Å². The van der Waals surface area contributed by atoms with Crippen molar-refractivity contribution in [2.45, 2.75) is 20.4 Å². The fourth-order valence-corrected chi connectivity index (χ4v) is 2.95. The summed E-state index contributed by atoms with van der Waals surface area (Å²) < 4.78 is 1.16. The summed E-state index contributed by atoms with van der Waals surface area (Å²) in [7, 11) is 0. The SMILES string of the molecule is Cc1ccc(C)c(NCc2cc(Br)cs2)c1. The van der Waals surface area contributed by atoms with Crippen molar-refractivity contribution >= 4 is 33.0 Å². The third-order valence-electron chi connectivity index (χ3n) is 2.47. The first-order chi connectivity index (χ1) is 7.65. The Balaban J connectivity index is 2.07. The molecular formula is C13H14BrNS. The molecular weight excluding hydrogens is 282 g/mol. The van der Waals surface area contributed by atoms with Crippen molar-refractivity contribution in [2.24, 2.45) is 0 Å². The predicted octanol–water partition coefficient (Wildman–Crippen LogP) is 4.74. The highest BCUT2D eigenvalue weighted by molar-refractivity contribution is 9.10. The van der Waals surface area contributed by atoms with Crippen LogP contribution in [0.4, 0.5) is 5.69 Å². The zero-order chi connectivity index (χ0) is 11.5. The number of benzene rings is 1. The zero-order valence-corrected chi connectivity index (χ0v) is 11.8. The highest BCUT2D eigenvalue weighted by atomic mass is 79.9. The summed E-state index contributed by atoms with van der Waals surface area (Å²) in [4.78, 5) is 1.34. The number of halogens is 1. The van der Waals surface area contributed by atoms with Crippen LogP contribution in [0.1, 0.15) is 16.0 Å². The number of rotatable bonds is 3. The van der Waals surface area contributed by atoms with Crippen LogP contribution in [0, 0.1) is 13.8 Å². The molecule has 1 aromatic carbocycles. The molecule has 2 aromatic rings. The Morgan fingerprint density at radius 1 is 1.25 bits per heavy atom. The summed E-state index contributed by atoms with van der Waals surface area (Å²) in [5.41, 5.74) is 3.81. The molecule has 0 aliphatic heterocycles. The predicted molar refractivity (Wildman–Crippen MR) is 75.3 cm³/mol. The monoisotopic (exact) mass is 295 g/mol. The first-order valence-corrected chi connectivity index (χ1v) is 6.86. The maximum absolute atomic E-state index is 3.47. The van der Waals surface area contributed by atoms with E-state index in [4.69, 9.17) is 0 Å². The van der Waals surface area contributed by atoms with Crippen LogP contribution < -0.4 is 5.32 Å². The van der Waals surface area contributed by atoms with Gasteiger partial charge in [-0.2, -0.15) is 0 Å². The van der Waals surface area contributed by atoms with Gasteiger partial charge in [0.25, 0.3) is 0 Å². The third-order valence-corrected chi connectivity index (χ3v) is 4.17. The minimum Gasteiger partial charge on any atom is -0.380 e. The smallest absolute Gasteiger partial charge is 0.0494 e. The highest BCUT2D eigenvalue weighted by Crippen LogP contribution is 2.22. The minimum absolute atomic E-state index is 0.889. The van der Waals surface area contributed by atoms with Gasteiger partial charge in [0.15, 0.2) is 0 Å². The van der Waals surface area contributed by atoms with Crippen molar-refractivity contribution in [1.29, 1.82) is 0 Å². The fraction of sp³-hybridized carbons (Fsp3) is 0.231. The molecule has 0 saturated heterocycles. The van der Waals surface area contributed by atoms with Crippen LogP contribution in [0.25, 0.3) is 0 Å². The average molecular weight is 296 g/mol. The van der Waals surface area contributed by atoms with Crippen LogP contribution in [0.3, 0.4) is 0 Å². The Bertz CT molecular complexity index is 490. The van der Waals surface area contributed by atoms with E-state index in [1.807, 2.05) is 0 Å². The molecule has 1 aromatic heterocycles. The van der Waals surface area contributed by atoms with Crippen LogP contribution in [-0.2, 0) is 6.54 Å². The molecule has 0 unspecified atom stereocenters. The van der Waals surface area contributed by atoms with Gasteiger partial charge in [-0.15, -0.1) is 11.3 Å². The molecule has 2 rings (SSSR count). The van der Waals surface area contributed by atoms with E-state index in [-0.39, 0.29) is 0 Å². The van der Waals surface area contributed by atoms with Crippen LogP contribution >= 0.6 is 27.3 Å². The van der Waals surface area contributed by atoms with E-state index in [0.717, 1.165) is 11.0 Å². The van der Waals surface area contributed by atoms with E-state index in [1.165, 1.54) is 21.7 Å². The first-order valence-electron chi connectivity index (χ1n) is 5.19. The molecule has 16 heavy (non-hydrogen) atoms. The Morgan fingerprint density at radius 3 is 2.75 bits per heavy atom. The summed E-state index contributed by atoms with van der Waals surface area (Å²) in [6, 6.07) is 8.64. The highest BCUT2D eigenvalue weighted by Gasteiger charge is 2.00. The summed E-state index contributed by atoms with van der Waals surface area (Å²) in [5.74, 6) is 0. The number of anilines is 1. The lowest BCUT2D eigenvalue weighted by Crippen LogP contribution is -1.99. The first kappa shape index (κ1) is 11.7. The molecule has 0 saturated carbocycles. The van der Waals surface area contributed by atoms with E-state index in [2.05, 4.69) is 64.7 Å². The van der Waals surface area contributed by atoms with Crippen LogP contribution in [0.15, 0.2) is 34.1 Å². The molecule has 0 amide bonds. The molecule has 1 nitrogen and oxygen atoms in total. The van der Waals surface area contributed by atoms with Gasteiger partial charge in [-0.25, -0.2) is 0 Å². The Hall–Kier alpha value is -0.800. The molecule has 0 atom stereocenters. The zero-order valence-electron chi connectivity index (χ0n) is 9.38. The second-order valence-electron chi connectivity index (χ2n) is 3.90. The molecule has 3 heteroatoms. The van der Waals surface area contributed by atoms with Crippen molar-refractivity contribution in [1.82, 2.24) is 0 Å². The molecule has 0 aliphatic rings. The van der Waals surface area contributed by atoms with Gasteiger partial charge in [0.1, 0.15) is 0 Å². The van der Waals surface area contributed by atoms with E-state index >= 15 is 0 Å². The molecule has 1 N–H and O–H groups in total. The molecule has 84 valence electrons. The van der Waals surface area contributed by atoms with Crippen molar-refractivity contribution in [3.63, 3.8) is 0 Å². The number of hydrogen-bond donors (Lipinski definition) is 1. The minimum atomic E-state index is 0.889. The van der Waals surface area contributed by atoms with Gasteiger partial charge in [0.05, 0.1) is 0 Å². The van der Waals surface area contributed by atoms with Gasteiger partial charge >= 0.3 is 0 Å². The largest absolute Gasteiger partial charge is 0.380 e. The number of aryl methyl sites for hydroxylation is 2. The van der Waals surface area contributed by atoms with E-state index in [0.29, 0.717) is 0 Å². The number of hydrogen-bond acceptors (Lipinski definition) is 2. The summed E-state index contributed by atoms with van der Waals surface area (Å²) in [5, 5.41) is 5.58. The third kappa shape index (κ3) is 2.86. The Kier molecular flexibility index (Phi) is 3.66. The van der Waals surface area contributed by atoms with Crippen molar-refractivity contribution in [2.75, 3.05) is 5.32 Å². The van der Waals surface area contributed by atoms with Crippen molar-refractivity contribution in [3.8, 4) is 0 Å². The standard InChI is InChI=1S/C13H14BrNS/c1-9-3-4-10(2)13(5-9)15-7-12-6-11(14)8-16-12/h3-6,8,15H,7H2,1-2H3. The van der Waals surface area contributed by atoms with Gasteiger partial charge in [-0.05, 0) is 53.0 Å². The quantitative estimate of drug-likeness (QED) is 0.862. The van der Waals surface area contributed by atoms with E-state index in [9.17, 15) is 0 Å². The molecule has 0 fully saturated rings. The lowest BCUT2D eigenvalue weighted by Gasteiger charge is -2.09. The van der Waals surface area contributed by atoms with Gasteiger partial charge < -0.3 is 5.32 Å². The topological polar surface area (TPSA) is 12.0 Å². The summed E-state index contributed by atoms with van der Waals surface area (Å²) in [6.45, 7) is 5.14. The van der Waals surface area contributed by atoms with Gasteiger partial charge in [0.2, 0.25) is 0 Å². The Labute approximate surface area is 109 Å². The normalized spacial score (nSPS) is 10.4. The van der Waals surface area contributed by atoms with Crippen molar-refractivity contribution < 1.29 is 0 Å². The molecule has 0 radical (unpaired) electrons. The summed E-state index contributed by atoms with van der Waals surface area (Å²) in [6.07, 6.45) is 0.